The summed E-state index contributed by atoms with van der Waals surface area (Å²) in [4.78, 5) is 11.6. The average molecular weight is 247 g/mol. The van der Waals surface area contributed by atoms with E-state index in [4.69, 9.17) is 5.73 Å². The summed E-state index contributed by atoms with van der Waals surface area (Å²) in [6.07, 6.45) is 0. The summed E-state index contributed by atoms with van der Waals surface area (Å²) in [6, 6.07) is 6.36. The molecule has 0 atom stereocenters. The number of aromatic hydroxyl groups is 1. The molecule has 0 aliphatic rings. The van der Waals surface area contributed by atoms with Crippen LogP contribution in [0.5, 0.6) is 5.75 Å². The van der Waals surface area contributed by atoms with E-state index in [1.807, 2.05) is 0 Å². The normalized spacial score (nSPS) is 10.3. The first kappa shape index (κ1) is 12.0. The lowest BCUT2D eigenvalue weighted by Crippen LogP contribution is -2.04. The van der Waals surface area contributed by atoms with Crippen molar-refractivity contribution in [2.45, 2.75) is 0 Å². The highest BCUT2D eigenvalue weighted by Crippen LogP contribution is 2.30. The van der Waals surface area contributed by atoms with Gasteiger partial charge < -0.3 is 15.6 Å². The Balaban J connectivity index is 2.62. The number of nitrogen functional groups attached to an aromatic ring is 1. The number of hydrogen-bond acceptors (Lipinski definition) is 5. The van der Waals surface area contributed by atoms with Crippen LogP contribution in [-0.2, 0) is 11.8 Å². The zero-order chi connectivity index (χ0) is 13.3. The van der Waals surface area contributed by atoms with Gasteiger partial charge >= 0.3 is 5.97 Å². The Labute approximate surface area is 104 Å². The van der Waals surface area contributed by atoms with Gasteiger partial charge in [-0.15, -0.1) is 0 Å². The molecular formula is C12H13N3O3. The lowest BCUT2D eigenvalue weighted by molar-refractivity contribution is 0.0594. The zero-order valence-electron chi connectivity index (χ0n) is 10.0. The Kier molecular flexibility index (Phi) is 2.93. The maximum atomic E-state index is 11.6. The summed E-state index contributed by atoms with van der Waals surface area (Å²) in [7, 11) is 2.93. The second-order valence-electron chi connectivity index (χ2n) is 3.77. The number of phenolic OH excluding ortho intramolecular Hbond substituents is 1. The summed E-state index contributed by atoms with van der Waals surface area (Å²) in [5.74, 6) is -0.0488. The van der Waals surface area contributed by atoms with Crippen molar-refractivity contribution in [3.8, 4) is 16.9 Å². The fourth-order valence-electron chi connectivity index (χ4n) is 1.69. The van der Waals surface area contributed by atoms with Crippen LogP contribution in [0.2, 0.25) is 0 Å². The third-order valence-electron chi connectivity index (χ3n) is 2.63. The fourth-order valence-corrected chi connectivity index (χ4v) is 1.69. The number of rotatable bonds is 2. The maximum absolute atomic E-state index is 11.6. The van der Waals surface area contributed by atoms with Gasteiger partial charge in [-0.05, 0) is 17.7 Å². The lowest BCUT2D eigenvalue weighted by Gasteiger charge is -2.03. The summed E-state index contributed by atoms with van der Waals surface area (Å²) < 4.78 is 6.08. The van der Waals surface area contributed by atoms with Crippen molar-refractivity contribution in [2.75, 3.05) is 12.8 Å². The van der Waals surface area contributed by atoms with Crippen LogP contribution in [0, 0.1) is 0 Å². The van der Waals surface area contributed by atoms with Crippen LogP contribution in [0.1, 0.15) is 10.5 Å². The molecule has 0 saturated heterocycles. The summed E-state index contributed by atoms with van der Waals surface area (Å²) in [5.41, 5.74) is 7.25. The summed E-state index contributed by atoms with van der Waals surface area (Å²) in [5, 5.41) is 13.3. The number of anilines is 1. The van der Waals surface area contributed by atoms with Crippen LogP contribution in [0.25, 0.3) is 11.1 Å². The molecule has 3 N–H and O–H groups in total. The monoisotopic (exact) mass is 247 g/mol. The number of ether oxygens (including phenoxy) is 1. The molecule has 0 saturated carbocycles. The van der Waals surface area contributed by atoms with E-state index in [-0.39, 0.29) is 11.4 Å². The van der Waals surface area contributed by atoms with E-state index in [1.54, 1.807) is 19.2 Å². The second-order valence-corrected chi connectivity index (χ2v) is 3.77. The van der Waals surface area contributed by atoms with Gasteiger partial charge in [0.2, 0.25) is 0 Å². The van der Waals surface area contributed by atoms with Crippen molar-refractivity contribution < 1.29 is 14.6 Å². The molecule has 0 aliphatic carbocycles. The maximum Gasteiger partial charge on any atom is 0.359 e. The van der Waals surface area contributed by atoms with Crippen molar-refractivity contribution >= 4 is 11.8 Å². The van der Waals surface area contributed by atoms with Crippen molar-refractivity contribution in [1.82, 2.24) is 9.78 Å². The topological polar surface area (TPSA) is 90.4 Å². The third kappa shape index (κ3) is 1.88. The van der Waals surface area contributed by atoms with Crippen LogP contribution in [-0.4, -0.2) is 28.0 Å². The van der Waals surface area contributed by atoms with Crippen LogP contribution in [0.15, 0.2) is 24.3 Å². The Morgan fingerprint density at radius 2 is 2.00 bits per heavy atom. The molecule has 2 aromatic rings. The number of esters is 1. The van der Waals surface area contributed by atoms with E-state index >= 15 is 0 Å². The first-order valence-electron chi connectivity index (χ1n) is 5.24. The van der Waals surface area contributed by atoms with Gasteiger partial charge in [-0.3, -0.25) is 4.68 Å². The standard InChI is InChI=1S/C12H13N3O3/c1-15-11(13)9(10(14-15)12(17)18-2)7-3-5-8(16)6-4-7/h3-6,16H,13H2,1-2H3. The Morgan fingerprint density at radius 1 is 1.39 bits per heavy atom. The van der Waals surface area contributed by atoms with Gasteiger partial charge in [0, 0.05) is 7.05 Å². The van der Waals surface area contributed by atoms with Gasteiger partial charge in [0.05, 0.1) is 12.7 Å². The zero-order valence-corrected chi connectivity index (χ0v) is 10.0. The molecular weight excluding hydrogens is 234 g/mol. The van der Waals surface area contributed by atoms with Gasteiger partial charge in [-0.25, -0.2) is 4.79 Å². The van der Waals surface area contributed by atoms with E-state index in [2.05, 4.69) is 9.84 Å². The molecule has 1 aromatic heterocycles. The highest BCUT2D eigenvalue weighted by atomic mass is 16.5. The van der Waals surface area contributed by atoms with Crippen molar-refractivity contribution in [3.05, 3.63) is 30.0 Å². The number of carbonyl (C=O) groups is 1. The summed E-state index contributed by atoms with van der Waals surface area (Å²) >= 11 is 0. The SMILES string of the molecule is COC(=O)c1nn(C)c(N)c1-c1ccc(O)cc1. The molecule has 94 valence electrons. The molecule has 1 heterocycles. The van der Waals surface area contributed by atoms with Crippen molar-refractivity contribution in [3.63, 3.8) is 0 Å². The van der Waals surface area contributed by atoms with Gasteiger partial charge in [0.1, 0.15) is 11.6 Å². The highest BCUT2D eigenvalue weighted by Gasteiger charge is 2.22. The molecule has 2 rings (SSSR count). The van der Waals surface area contributed by atoms with Crippen LogP contribution < -0.4 is 5.73 Å². The number of phenols is 1. The number of hydrogen-bond donors (Lipinski definition) is 2. The van der Waals surface area contributed by atoms with E-state index in [0.717, 1.165) is 0 Å². The van der Waals surface area contributed by atoms with Gasteiger partial charge in [0.15, 0.2) is 5.69 Å². The van der Waals surface area contributed by atoms with Crippen molar-refractivity contribution in [1.29, 1.82) is 0 Å². The molecule has 18 heavy (non-hydrogen) atoms. The molecule has 6 heteroatoms. The highest BCUT2D eigenvalue weighted by molar-refractivity contribution is 5.98. The van der Waals surface area contributed by atoms with Crippen LogP contribution in [0.3, 0.4) is 0 Å². The van der Waals surface area contributed by atoms with E-state index in [0.29, 0.717) is 16.9 Å². The van der Waals surface area contributed by atoms with E-state index in [1.165, 1.54) is 23.9 Å². The van der Waals surface area contributed by atoms with E-state index < -0.39 is 5.97 Å². The van der Waals surface area contributed by atoms with Gasteiger partial charge in [-0.1, -0.05) is 12.1 Å². The molecule has 0 amide bonds. The minimum Gasteiger partial charge on any atom is -0.508 e. The number of methoxy groups -OCH3 is 1. The smallest absolute Gasteiger partial charge is 0.359 e. The number of benzene rings is 1. The number of nitrogens with two attached hydrogens (primary N) is 1. The molecule has 0 bridgehead atoms. The fraction of sp³-hybridized carbons (Fsp3) is 0.167. The predicted octanol–water partition coefficient (Wildman–Crippen LogP) is 1.16. The predicted molar refractivity (Wildman–Crippen MR) is 66.1 cm³/mol. The third-order valence-corrected chi connectivity index (χ3v) is 2.63. The molecule has 1 aromatic carbocycles. The Hall–Kier alpha value is -2.50. The minimum atomic E-state index is -0.551. The Morgan fingerprint density at radius 3 is 2.56 bits per heavy atom. The molecule has 0 fully saturated rings. The number of aryl methyl sites for hydroxylation is 1. The van der Waals surface area contributed by atoms with E-state index in [9.17, 15) is 9.90 Å². The lowest BCUT2D eigenvalue weighted by atomic mass is 10.1. The number of nitrogens with zero attached hydrogens (tertiary/aromatic N) is 2. The van der Waals surface area contributed by atoms with Crippen LogP contribution >= 0.6 is 0 Å². The van der Waals surface area contributed by atoms with Gasteiger partial charge in [0.25, 0.3) is 0 Å². The first-order chi connectivity index (χ1) is 8.54. The first-order valence-corrected chi connectivity index (χ1v) is 5.24. The molecule has 0 unspecified atom stereocenters. The number of carbonyl (C=O) groups excluding carboxylic acids is 1. The molecule has 0 spiro atoms. The molecule has 0 aliphatic heterocycles. The quantitative estimate of drug-likeness (QED) is 0.777. The Bertz CT molecular complexity index is 587. The second kappa shape index (κ2) is 4.40. The largest absolute Gasteiger partial charge is 0.508 e. The molecule has 6 nitrogen and oxygen atoms in total. The minimum absolute atomic E-state index is 0.140. The van der Waals surface area contributed by atoms with Crippen molar-refractivity contribution in [2.24, 2.45) is 7.05 Å². The average Bonchev–Trinajstić information content (AvgIpc) is 2.66. The van der Waals surface area contributed by atoms with Crippen LogP contribution in [0.4, 0.5) is 5.82 Å². The molecule has 0 radical (unpaired) electrons. The summed E-state index contributed by atoms with van der Waals surface area (Å²) in [6.45, 7) is 0. The van der Waals surface area contributed by atoms with Gasteiger partial charge in [-0.2, -0.15) is 5.10 Å². The number of aromatic nitrogens is 2.